The van der Waals surface area contributed by atoms with E-state index in [-0.39, 0.29) is 5.97 Å². The Bertz CT molecular complexity index is 367. The molecule has 82 valence electrons. The van der Waals surface area contributed by atoms with Crippen molar-refractivity contribution in [3.05, 3.63) is 17.7 Å². The number of ether oxygens (including phenoxy) is 1. The van der Waals surface area contributed by atoms with Gasteiger partial charge in [0.05, 0.1) is 18.6 Å². The molecule has 1 aromatic heterocycles. The molecule has 2 rings (SSSR count). The lowest BCUT2D eigenvalue weighted by Gasteiger charge is -2.05. The molecule has 0 atom stereocenters. The number of esters is 1. The van der Waals surface area contributed by atoms with E-state index in [1.54, 1.807) is 13.3 Å². The van der Waals surface area contributed by atoms with Gasteiger partial charge in [0.15, 0.2) is 5.69 Å². The van der Waals surface area contributed by atoms with Gasteiger partial charge in [0.1, 0.15) is 0 Å². The smallest absolute Gasteiger partial charge is 0.358 e. The summed E-state index contributed by atoms with van der Waals surface area (Å²) in [5.74, 6) is -0.297. The minimum Gasteiger partial charge on any atom is -0.461 e. The Morgan fingerprint density at radius 3 is 2.87 bits per heavy atom. The Balaban J connectivity index is 2.26. The van der Waals surface area contributed by atoms with E-state index >= 15 is 0 Å². The standard InChI is InChI=1S/C11H16N2O2/c1-3-9-10(11(14)15-4-2)12-7-13(9)8-5-6-8/h7-8H,3-6H2,1-2H3. The summed E-state index contributed by atoms with van der Waals surface area (Å²) in [6, 6.07) is 0.565. The van der Waals surface area contributed by atoms with Crippen LogP contribution in [-0.4, -0.2) is 22.1 Å². The molecule has 1 fully saturated rings. The first-order valence-electron chi connectivity index (χ1n) is 5.50. The third-order valence-electron chi connectivity index (χ3n) is 2.64. The van der Waals surface area contributed by atoms with E-state index < -0.39 is 0 Å². The fourth-order valence-electron chi connectivity index (χ4n) is 1.77. The average Bonchev–Trinajstić information content (AvgIpc) is 2.97. The molecule has 1 heterocycles. The normalized spacial score (nSPS) is 15.3. The number of rotatable bonds is 4. The van der Waals surface area contributed by atoms with Gasteiger partial charge in [-0.1, -0.05) is 6.92 Å². The number of hydrogen-bond acceptors (Lipinski definition) is 3. The maximum absolute atomic E-state index is 11.6. The molecule has 0 unspecified atom stereocenters. The lowest BCUT2D eigenvalue weighted by Crippen LogP contribution is -2.09. The van der Waals surface area contributed by atoms with Crippen LogP contribution in [0.15, 0.2) is 6.33 Å². The van der Waals surface area contributed by atoms with Crippen LogP contribution < -0.4 is 0 Å². The first-order valence-corrected chi connectivity index (χ1v) is 5.50. The van der Waals surface area contributed by atoms with E-state index in [9.17, 15) is 4.79 Å². The quantitative estimate of drug-likeness (QED) is 0.710. The van der Waals surface area contributed by atoms with E-state index in [0.717, 1.165) is 12.1 Å². The topological polar surface area (TPSA) is 44.1 Å². The summed E-state index contributed by atoms with van der Waals surface area (Å²) in [5, 5.41) is 0. The maximum Gasteiger partial charge on any atom is 0.358 e. The number of imidazole rings is 1. The number of nitrogens with zero attached hydrogens (tertiary/aromatic N) is 2. The second kappa shape index (κ2) is 4.04. The first kappa shape index (κ1) is 10.2. The van der Waals surface area contributed by atoms with Crippen molar-refractivity contribution in [1.82, 2.24) is 9.55 Å². The average molecular weight is 208 g/mol. The van der Waals surface area contributed by atoms with Crippen LogP contribution in [0.25, 0.3) is 0 Å². The van der Waals surface area contributed by atoms with Crippen LogP contribution in [0.3, 0.4) is 0 Å². The van der Waals surface area contributed by atoms with Crippen molar-refractivity contribution in [1.29, 1.82) is 0 Å². The number of carbonyl (C=O) groups is 1. The van der Waals surface area contributed by atoms with Crippen molar-refractivity contribution in [3.8, 4) is 0 Å². The number of carbonyl (C=O) groups excluding carboxylic acids is 1. The zero-order valence-corrected chi connectivity index (χ0v) is 9.19. The molecule has 1 aromatic rings. The van der Waals surface area contributed by atoms with Crippen LogP contribution in [0.4, 0.5) is 0 Å². The van der Waals surface area contributed by atoms with Crippen molar-refractivity contribution in [2.45, 2.75) is 39.2 Å². The molecule has 4 nitrogen and oxygen atoms in total. The van der Waals surface area contributed by atoms with E-state index in [1.807, 2.05) is 6.92 Å². The second-order valence-electron chi connectivity index (χ2n) is 3.75. The molecule has 4 heteroatoms. The fourth-order valence-corrected chi connectivity index (χ4v) is 1.77. The molecule has 0 N–H and O–H groups in total. The predicted octanol–water partition coefficient (Wildman–Crippen LogP) is 1.96. The Hall–Kier alpha value is -1.32. The van der Waals surface area contributed by atoms with E-state index in [4.69, 9.17) is 4.74 Å². The van der Waals surface area contributed by atoms with Crippen molar-refractivity contribution >= 4 is 5.97 Å². The predicted molar refractivity (Wildman–Crippen MR) is 55.8 cm³/mol. The minimum atomic E-state index is -0.297. The summed E-state index contributed by atoms with van der Waals surface area (Å²) < 4.78 is 7.09. The summed E-state index contributed by atoms with van der Waals surface area (Å²) in [5.41, 5.74) is 1.50. The van der Waals surface area contributed by atoms with E-state index in [1.165, 1.54) is 12.8 Å². The largest absolute Gasteiger partial charge is 0.461 e. The van der Waals surface area contributed by atoms with Gasteiger partial charge in [-0.05, 0) is 26.2 Å². The van der Waals surface area contributed by atoms with Crippen LogP contribution >= 0.6 is 0 Å². The molecule has 0 radical (unpaired) electrons. The van der Waals surface area contributed by atoms with Crippen LogP contribution in [0.1, 0.15) is 48.9 Å². The molecule has 1 saturated carbocycles. The number of aromatic nitrogens is 2. The lowest BCUT2D eigenvalue weighted by molar-refractivity contribution is 0.0518. The van der Waals surface area contributed by atoms with Crippen LogP contribution in [0.5, 0.6) is 0 Å². The molecule has 0 spiro atoms. The highest BCUT2D eigenvalue weighted by molar-refractivity contribution is 5.88. The third kappa shape index (κ3) is 1.89. The van der Waals surface area contributed by atoms with Gasteiger partial charge in [0.2, 0.25) is 0 Å². The van der Waals surface area contributed by atoms with Gasteiger partial charge in [0, 0.05) is 6.04 Å². The highest BCUT2D eigenvalue weighted by atomic mass is 16.5. The zero-order chi connectivity index (χ0) is 10.8. The molecular weight excluding hydrogens is 192 g/mol. The molecule has 0 amide bonds. The highest BCUT2D eigenvalue weighted by Crippen LogP contribution is 2.36. The van der Waals surface area contributed by atoms with Gasteiger partial charge in [-0.2, -0.15) is 0 Å². The summed E-state index contributed by atoms with van der Waals surface area (Å²) in [6.45, 7) is 4.25. The highest BCUT2D eigenvalue weighted by Gasteiger charge is 2.28. The monoisotopic (exact) mass is 208 g/mol. The summed E-state index contributed by atoms with van der Waals surface area (Å²) in [4.78, 5) is 15.7. The van der Waals surface area contributed by atoms with Gasteiger partial charge in [-0.15, -0.1) is 0 Å². The molecule has 0 aromatic carbocycles. The van der Waals surface area contributed by atoms with Gasteiger partial charge in [-0.3, -0.25) is 0 Å². The van der Waals surface area contributed by atoms with Crippen molar-refractivity contribution in [2.75, 3.05) is 6.61 Å². The van der Waals surface area contributed by atoms with Gasteiger partial charge < -0.3 is 9.30 Å². The van der Waals surface area contributed by atoms with Crippen LogP contribution in [0.2, 0.25) is 0 Å². The fraction of sp³-hybridized carbons (Fsp3) is 0.636. The van der Waals surface area contributed by atoms with Crippen molar-refractivity contribution in [3.63, 3.8) is 0 Å². The second-order valence-corrected chi connectivity index (χ2v) is 3.75. The van der Waals surface area contributed by atoms with Crippen molar-refractivity contribution in [2.24, 2.45) is 0 Å². The Morgan fingerprint density at radius 1 is 1.60 bits per heavy atom. The summed E-state index contributed by atoms with van der Waals surface area (Å²) in [6.07, 6.45) is 4.99. The van der Waals surface area contributed by atoms with Crippen molar-refractivity contribution < 1.29 is 9.53 Å². The lowest BCUT2D eigenvalue weighted by atomic mass is 10.2. The Kier molecular flexibility index (Phi) is 2.75. The Morgan fingerprint density at radius 2 is 2.33 bits per heavy atom. The molecule has 1 aliphatic carbocycles. The molecule has 0 aliphatic heterocycles. The van der Waals surface area contributed by atoms with Gasteiger partial charge in [-0.25, -0.2) is 9.78 Å². The van der Waals surface area contributed by atoms with Crippen LogP contribution in [-0.2, 0) is 11.2 Å². The van der Waals surface area contributed by atoms with Gasteiger partial charge >= 0.3 is 5.97 Å². The SMILES string of the molecule is CCOC(=O)c1ncn(C2CC2)c1CC. The van der Waals surface area contributed by atoms with E-state index in [0.29, 0.717) is 18.3 Å². The zero-order valence-electron chi connectivity index (χ0n) is 9.19. The third-order valence-corrected chi connectivity index (χ3v) is 2.64. The first-order chi connectivity index (χ1) is 7.27. The van der Waals surface area contributed by atoms with Crippen LogP contribution in [0, 0.1) is 0 Å². The Labute approximate surface area is 89.3 Å². The number of hydrogen-bond donors (Lipinski definition) is 0. The van der Waals surface area contributed by atoms with E-state index in [2.05, 4.69) is 9.55 Å². The molecule has 1 aliphatic rings. The molecular formula is C11H16N2O2. The molecule has 15 heavy (non-hydrogen) atoms. The molecule has 0 bridgehead atoms. The minimum absolute atomic E-state index is 0.297. The maximum atomic E-state index is 11.6. The summed E-state index contributed by atoms with van der Waals surface area (Å²) >= 11 is 0. The molecule has 0 saturated heterocycles. The van der Waals surface area contributed by atoms with Gasteiger partial charge in [0.25, 0.3) is 0 Å². The summed E-state index contributed by atoms with van der Waals surface area (Å²) in [7, 11) is 0.